The number of carbonyl (C=O) groups excluding carboxylic acids is 2. The Kier molecular flexibility index (Phi) is 8.96. The van der Waals surface area contributed by atoms with Crippen molar-refractivity contribution in [3.8, 4) is 0 Å². The van der Waals surface area contributed by atoms with Crippen molar-refractivity contribution in [1.29, 1.82) is 0 Å². The summed E-state index contributed by atoms with van der Waals surface area (Å²) in [7, 11) is -0.684. The van der Waals surface area contributed by atoms with Crippen molar-refractivity contribution in [3.05, 3.63) is 88.1 Å². The molecule has 2 aromatic carbocycles. The number of urea groups is 1. The number of alkyl halides is 3. The Balaban J connectivity index is 1.14. The molecule has 2 bridgehead atoms. The van der Waals surface area contributed by atoms with Gasteiger partial charge in [0.1, 0.15) is 17.6 Å². The average molecular weight is 721 g/mol. The zero-order valence-corrected chi connectivity index (χ0v) is 29.8. The molecule has 3 aliphatic carbocycles. The summed E-state index contributed by atoms with van der Waals surface area (Å²) in [5.41, 5.74) is -2.12. The maximum absolute atomic E-state index is 14.3. The predicted molar refractivity (Wildman–Crippen MR) is 189 cm³/mol. The molecule has 4 N–H and O–H groups in total. The van der Waals surface area contributed by atoms with Crippen LogP contribution in [0.3, 0.4) is 0 Å². The lowest BCUT2D eigenvalue weighted by molar-refractivity contribution is -0.185. The van der Waals surface area contributed by atoms with E-state index in [9.17, 15) is 27.6 Å². The largest absolute Gasteiger partial charge is 0.481 e. The van der Waals surface area contributed by atoms with E-state index in [4.69, 9.17) is 9.31 Å². The Bertz CT molecular complexity index is 1930. The Morgan fingerprint density at radius 2 is 1.83 bits per heavy atom. The summed E-state index contributed by atoms with van der Waals surface area (Å²) in [6, 6.07) is 12.0. The van der Waals surface area contributed by atoms with Crippen LogP contribution in [-0.4, -0.2) is 46.3 Å². The SMILES string of the molecule is CC[C@H](NC(=O)[C@@H]1C[C@@](C)(NC(=O)Nc2ccccc2)c2ncc(NCc3cccc(C(F)(F)F)c3)c(=O)n21)B1OC2C3CC(C[C@]2(C)O1)C3(C)C. The van der Waals surface area contributed by atoms with Crippen LogP contribution in [0.15, 0.2) is 65.6 Å². The van der Waals surface area contributed by atoms with Crippen LogP contribution in [0.2, 0.25) is 0 Å². The fourth-order valence-electron chi connectivity index (χ4n) is 8.72. The van der Waals surface area contributed by atoms with E-state index in [-0.39, 0.29) is 36.0 Å². The molecule has 52 heavy (non-hydrogen) atoms. The first-order chi connectivity index (χ1) is 24.5. The van der Waals surface area contributed by atoms with Gasteiger partial charge in [-0.15, -0.1) is 0 Å². The van der Waals surface area contributed by atoms with Gasteiger partial charge in [-0.3, -0.25) is 14.2 Å². The minimum Gasteiger partial charge on any atom is -0.404 e. The minimum absolute atomic E-state index is 0.00145. The molecule has 0 spiro atoms. The summed E-state index contributed by atoms with van der Waals surface area (Å²) in [5.74, 6) is 0.0679. The van der Waals surface area contributed by atoms with Crippen LogP contribution in [0.4, 0.5) is 29.3 Å². The van der Waals surface area contributed by atoms with Crippen molar-refractivity contribution in [2.45, 2.75) is 102 Å². The molecule has 8 rings (SSSR count). The van der Waals surface area contributed by atoms with E-state index in [1.165, 1.54) is 22.9 Å². The third kappa shape index (κ3) is 6.35. The number of aromatic nitrogens is 2. The molecule has 3 aromatic rings. The summed E-state index contributed by atoms with van der Waals surface area (Å²) < 4.78 is 54.4. The first-order valence-corrected chi connectivity index (χ1v) is 17.8. The maximum Gasteiger partial charge on any atom is 0.481 e. The van der Waals surface area contributed by atoms with Gasteiger partial charge in [-0.2, -0.15) is 13.2 Å². The van der Waals surface area contributed by atoms with Crippen LogP contribution >= 0.6 is 0 Å². The summed E-state index contributed by atoms with van der Waals surface area (Å²) in [5, 5.41) is 11.7. The molecule has 3 unspecified atom stereocenters. The van der Waals surface area contributed by atoms with Crippen molar-refractivity contribution >= 4 is 30.4 Å². The van der Waals surface area contributed by atoms with E-state index >= 15 is 0 Å². The number of amides is 3. The fraction of sp³-hybridized carbons (Fsp3) is 0.514. The molecule has 1 aromatic heterocycles. The monoisotopic (exact) mass is 720 g/mol. The van der Waals surface area contributed by atoms with E-state index in [2.05, 4.69) is 47.0 Å². The van der Waals surface area contributed by atoms with Crippen LogP contribution in [0.25, 0.3) is 0 Å². The Morgan fingerprint density at radius 1 is 1.08 bits per heavy atom. The number of carbonyl (C=O) groups is 2. The number of nitrogens with one attached hydrogen (secondary N) is 4. The number of anilines is 2. The topological polar surface area (TPSA) is 136 Å². The number of hydrogen-bond acceptors (Lipinski definition) is 7. The highest BCUT2D eigenvalue weighted by Gasteiger charge is 2.67. The van der Waals surface area contributed by atoms with Crippen molar-refractivity contribution in [3.63, 3.8) is 0 Å². The molecule has 0 radical (unpaired) electrons. The Morgan fingerprint density at radius 3 is 2.52 bits per heavy atom. The lowest BCUT2D eigenvalue weighted by Crippen LogP contribution is -2.63. The van der Waals surface area contributed by atoms with Crippen LogP contribution < -0.4 is 26.8 Å². The van der Waals surface area contributed by atoms with Gasteiger partial charge in [0.05, 0.1) is 34.9 Å². The van der Waals surface area contributed by atoms with Crippen molar-refractivity contribution in [2.75, 3.05) is 10.6 Å². The molecule has 3 heterocycles. The minimum atomic E-state index is -4.52. The van der Waals surface area contributed by atoms with Gasteiger partial charge in [-0.05, 0) is 80.2 Å². The number of para-hydroxylation sites is 1. The maximum atomic E-state index is 14.3. The molecule has 5 aliphatic rings. The first-order valence-electron chi connectivity index (χ1n) is 17.8. The normalized spacial score (nSPS) is 29.0. The summed E-state index contributed by atoms with van der Waals surface area (Å²) in [4.78, 5) is 46.2. The fourth-order valence-corrected chi connectivity index (χ4v) is 8.72. The van der Waals surface area contributed by atoms with E-state index in [0.717, 1.165) is 25.0 Å². The van der Waals surface area contributed by atoms with Gasteiger partial charge in [-0.25, -0.2) is 9.78 Å². The van der Waals surface area contributed by atoms with Gasteiger partial charge in [0, 0.05) is 18.7 Å². The molecule has 15 heteroatoms. The van der Waals surface area contributed by atoms with Crippen molar-refractivity contribution < 1.29 is 32.1 Å². The molecule has 7 atom stereocenters. The number of fused-ring (bicyclic) bond motifs is 1. The molecule has 3 amide bonds. The van der Waals surface area contributed by atoms with Crippen molar-refractivity contribution in [1.82, 2.24) is 20.2 Å². The van der Waals surface area contributed by atoms with E-state index in [1.807, 2.05) is 13.0 Å². The van der Waals surface area contributed by atoms with Crippen LogP contribution in [0, 0.1) is 17.3 Å². The van der Waals surface area contributed by atoms with Crippen LogP contribution in [0.1, 0.15) is 83.3 Å². The third-order valence-electron chi connectivity index (χ3n) is 11.8. The standard InChI is InChI=1S/C37H44BF3N6O5/c1-6-28(38-51-29-25-16-23(34(25,2)3)17-36(29,5)52-38)45-30(48)27-18-35(4,46-33(50)44-24-13-8-7-9-14-24)32-43-20-26(31(49)47(27)32)42-19-21-11-10-12-22(15-21)37(39,40)41/h7-15,20,23,25,27-29,42H,6,16-19H2,1-5H3,(H,45,48)(H2,44,46,50)/t23?,25?,27-,28-,29?,35+,36-/m0/s1. The quantitative estimate of drug-likeness (QED) is 0.199. The Hall–Kier alpha value is -4.37. The average Bonchev–Trinajstić information content (AvgIpc) is 3.61. The second kappa shape index (κ2) is 12.9. The van der Waals surface area contributed by atoms with Crippen molar-refractivity contribution in [2.24, 2.45) is 17.3 Å². The lowest BCUT2D eigenvalue weighted by Gasteiger charge is -2.63. The second-order valence-electron chi connectivity index (χ2n) is 15.7. The third-order valence-corrected chi connectivity index (χ3v) is 11.8. The van der Waals surface area contributed by atoms with Gasteiger partial charge in [0.2, 0.25) is 5.91 Å². The number of benzene rings is 2. The van der Waals surface area contributed by atoms with Gasteiger partial charge in [0.25, 0.3) is 5.56 Å². The van der Waals surface area contributed by atoms with Crippen LogP contribution in [0.5, 0.6) is 0 Å². The van der Waals surface area contributed by atoms with E-state index in [0.29, 0.717) is 29.5 Å². The predicted octanol–water partition coefficient (Wildman–Crippen LogP) is 6.02. The zero-order valence-electron chi connectivity index (χ0n) is 29.8. The highest BCUT2D eigenvalue weighted by atomic mass is 19.4. The highest BCUT2D eigenvalue weighted by Crippen LogP contribution is 2.64. The van der Waals surface area contributed by atoms with Crippen LogP contribution in [-0.2, 0) is 32.4 Å². The molecule has 2 aliphatic heterocycles. The number of rotatable bonds is 9. The molecular formula is C37H44BF3N6O5. The summed E-state index contributed by atoms with van der Waals surface area (Å²) in [6.45, 7) is 10.2. The second-order valence-corrected chi connectivity index (χ2v) is 15.7. The molecule has 276 valence electrons. The van der Waals surface area contributed by atoms with E-state index in [1.54, 1.807) is 31.2 Å². The van der Waals surface area contributed by atoms with Gasteiger partial charge < -0.3 is 30.6 Å². The molecule has 4 fully saturated rings. The number of halogens is 3. The number of hydrogen-bond donors (Lipinski definition) is 4. The van der Waals surface area contributed by atoms with Gasteiger partial charge in [0.15, 0.2) is 0 Å². The summed E-state index contributed by atoms with van der Waals surface area (Å²) in [6.07, 6.45) is -0.866. The molecule has 1 saturated heterocycles. The lowest BCUT2D eigenvalue weighted by atomic mass is 9.45. The summed E-state index contributed by atoms with van der Waals surface area (Å²) >= 11 is 0. The number of nitrogens with zero attached hydrogens (tertiary/aromatic N) is 2. The smallest absolute Gasteiger partial charge is 0.404 e. The first kappa shape index (κ1) is 36.0. The zero-order chi connectivity index (χ0) is 37.2. The highest BCUT2D eigenvalue weighted by molar-refractivity contribution is 6.47. The molecule has 11 nitrogen and oxygen atoms in total. The molecule has 3 saturated carbocycles. The Labute approximate surface area is 300 Å². The van der Waals surface area contributed by atoms with Gasteiger partial charge in [-0.1, -0.05) is 51.1 Å². The van der Waals surface area contributed by atoms with Gasteiger partial charge >= 0.3 is 19.3 Å². The molecular weight excluding hydrogens is 676 g/mol. The van der Waals surface area contributed by atoms with E-state index < -0.39 is 59.5 Å².